The number of nitrogens with one attached hydrogen (secondary N) is 1. The molecule has 1 aliphatic heterocycles. The topological polar surface area (TPSA) is 50.7 Å². The van der Waals surface area contributed by atoms with Crippen molar-refractivity contribution in [2.45, 2.75) is 31.5 Å². The molecule has 1 aromatic rings. The van der Waals surface area contributed by atoms with Crippen LogP contribution >= 0.6 is 0 Å². The molecule has 1 aliphatic rings. The Labute approximate surface area is 121 Å². The Bertz CT molecular complexity index is 352. The van der Waals surface area contributed by atoms with Crippen molar-refractivity contribution >= 4 is 0 Å². The maximum Gasteiger partial charge on any atom is 0.0897 e. The summed E-state index contributed by atoms with van der Waals surface area (Å²) in [5.74, 6) is 0. The van der Waals surface area contributed by atoms with Gasteiger partial charge in [0.25, 0.3) is 0 Å². The van der Waals surface area contributed by atoms with E-state index in [0.29, 0.717) is 19.8 Å². The van der Waals surface area contributed by atoms with Gasteiger partial charge in [0.1, 0.15) is 0 Å². The Morgan fingerprint density at radius 1 is 1.35 bits per heavy atom. The second kappa shape index (κ2) is 9.08. The minimum absolute atomic E-state index is 0.230. The smallest absolute Gasteiger partial charge is 0.0897 e. The molecular weight excluding hydrogens is 254 g/mol. The maximum absolute atomic E-state index is 9.79. The van der Waals surface area contributed by atoms with Gasteiger partial charge >= 0.3 is 0 Å². The van der Waals surface area contributed by atoms with Crippen molar-refractivity contribution in [1.29, 1.82) is 0 Å². The van der Waals surface area contributed by atoms with Gasteiger partial charge in [-0.15, -0.1) is 0 Å². The normalized spacial score (nSPS) is 20.1. The van der Waals surface area contributed by atoms with Crippen LogP contribution in [0.25, 0.3) is 0 Å². The molecule has 1 aromatic carbocycles. The monoisotopic (exact) mass is 279 g/mol. The molecule has 112 valence electrons. The average molecular weight is 279 g/mol. The van der Waals surface area contributed by atoms with E-state index < -0.39 is 6.10 Å². The quantitative estimate of drug-likeness (QED) is 0.671. The van der Waals surface area contributed by atoms with Crippen LogP contribution in [0.1, 0.15) is 18.4 Å². The van der Waals surface area contributed by atoms with Crippen LogP contribution < -0.4 is 5.32 Å². The summed E-state index contributed by atoms with van der Waals surface area (Å²) in [4.78, 5) is 0. The molecule has 0 aromatic heterocycles. The van der Waals surface area contributed by atoms with Crippen molar-refractivity contribution in [2.24, 2.45) is 0 Å². The molecule has 0 bridgehead atoms. The number of hydrogen-bond donors (Lipinski definition) is 2. The summed E-state index contributed by atoms with van der Waals surface area (Å²) in [5, 5.41) is 13.0. The molecule has 4 heteroatoms. The minimum atomic E-state index is -0.452. The zero-order chi connectivity index (χ0) is 14.0. The lowest BCUT2D eigenvalue weighted by atomic mass is 10.1. The molecule has 1 heterocycles. The van der Waals surface area contributed by atoms with Crippen LogP contribution in [0.4, 0.5) is 0 Å². The van der Waals surface area contributed by atoms with E-state index in [1.165, 1.54) is 5.56 Å². The fraction of sp³-hybridized carbons (Fsp3) is 0.625. The second-order valence-corrected chi connectivity index (χ2v) is 5.27. The summed E-state index contributed by atoms with van der Waals surface area (Å²) in [7, 11) is 0. The van der Waals surface area contributed by atoms with E-state index in [-0.39, 0.29) is 6.10 Å². The molecule has 0 spiro atoms. The van der Waals surface area contributed by atoms with E-state index in [4.69, 9.17) is 9.47 Å². The third kappa shape index (κ3) is 6.01. The predicted octanol–water partition coefficient (Wildman–Crippen LogP) is 1.38. The number of rotatable bonds is 9. The van der Waals surface area contributed by atoms with Crippen LogP contribution in [0, 0.1) is 0 Å². The summed E-state index contributed by atoms with van der Waals surface area (Å²) < 4.78 is 10.9. The molecule has 2 N–H and O–H groups in total. The van der Waals surface area contributed by atoms with E-state index >= 15 is 0 Å². The highest BCUT2D eigenvalue weighted by atomic mass is 16.5. The number of aliphatic hydroxyl groups excluding tert-OH is 1. The summed E-state index contributed by atoms with van der Waals surface area (Å²) >= 11 is 0. The molecule has 1 saturated heterocycles. The van der Waals surface area contributed by atoms with E-state index in [2.05, 4.69) is 17.4 Å². The first-order chi connectivity index (χ1) is 9.84. The molecule has 2 rings (SSSR count). The zero-order valence-electron chi connectivity index (χ0n) is 12.0. The Balaban J connectivity index is 1.46. The van der Waals surface area contributed by atoms with Gasteiger partial charge in [-0.3, -0.25) is 0 Å². The SMILES string of the molecule is O[C@H](CNCCc1ccccc1)COC[C@H]1CCCO1. The molecule has 0 unspecified atom stereocenters. The van der Waals surface area contributed by atoms with Crippen molar-refractivity contribution in [3.05, 3.63) is 35.9 Å². The second-order valence-electron chi connectivity index (χ2n) is 5.27. The maximum atomic E-state index is 9.79. The molecule has 2 atom stereocenters. The Kier molecular flexibility index (Phi) is 7.01. The van der Waals surface area contributed by atoms with E-state index in [1.54, 1.807) is 0 Å². The first-order valence-corrected chi connectivity index (χ1v) is 7.46. The number of hydrogen-bond acceptors (Lipinski definition) is 4. The van der Waals surface area contributed by atoms with Crippen LogP contribution in [0.3, 0.4) is 0 Å². The molecule has 0 radical (unpaired) electrons. The lowest BCUT2D eigenvalue weighted by molar-refractivity contribution is -0.0163. The largest absolute Gasteiger partial charge is 0.389 e. The van der Waals surface area contributed by atoms with Gasteiger partial charge in [-0.1, -0.05) is 30.3 Å². The van der Waals surface area contributed by atoms with Crippen molar-refractivity contribution in [3.63, 3.8) is 0 Å². The Morgan fingerprint density at radius 3 is 2.95 bits per heavy atom. The molecule has 4 nitrogen and oxygen atoms in total. The van der Waals surface area contributed by atoms with Gasteiger partial charge in [0, 0.05) is 13.2 Å². The van der Waals surface area contributed by atoms with Gasteiger partial charge in [-0.05, 0) is 31.4 Å². The van der Waals surface area contributed by atoms with Crippen molar-refractivity contribution in [1.82, 2.24) is 5.32 Å². The minimum Gasteiger partial charge on any atom is -0.389 e. The van der Waals surface area contributed by atoms with E-state index in [1.807, 2.05) is 18.2 Å². The molecule has 0 saturated carbocycles. The molecular formula is C16H25NO3. The Hall–Kier alpha value is -0.940. The fourth-order valence-corrected chi connectivity index (χ4v) is 2.32. The number of ether oxygens (including phenoxy) is 2. The van der Waals surface area contributed by atoms with Crippen LogP contribution in [-0.4, -0.2) is 50.2 Å². The lowest BCUT2D eigenvalue weighted by Gasteiger charge is -2.14. The van der Waals surface area contributed by atoms with Gasteiger partial charge in [0.15, 0.2) is 0 Å². The van der Waals surface area contributed by atoms with E-state index in [9.17, 15) is 5.11 Å². The molecule has 1 fully saturated rings. The highest BCUT2D eigenvalue weighted by Crippen LogP contribution is 2.11. The number of aliphatic hydroxyl groups is 1. The fourth-order valence-electron chi connectivity index (χ4n) is 2.32. The average Bonchev–Trinajstić information content (AvgIpc) is 2.98. The van der Waals surface area contributed by atoms with Gasteiger partial charge < -0.3 is 19.9 Å². The summed E-state index contributed by atoms with van der Waals surface area (Å²) in [6.07, 6.45) is 2.95. The summed E-state index contributed by atoms with van der Waals surface area (Å²) in [6.45, 7) is 3.25. The highest BCUT2D eigenvalue weighted by molar-refractivity contribution is 5.14. The highest BCUT2D eigenvalue weighted by Gasteiger charge is 2.15. The first kappa shape index (κ1) is 15.4. The summed E-state index contributed by atoms with van der Waals surface area (Å²) in [5.41, 5.74) is 1.31. The zero-order valence-corrected chi connectivity index (χ0v) is 12.0. The summed E-state index contributed by atoms with van der Waals surface area (Å²) in [6, 6.07) is 10.3. The molecule has 20 heavy (non-hydrogen) atoms. The lowest BCUT2D eigenvalue weighted by Crippen LogP contribution is -2.32. The van der Waals surface area contributed by atoms with Crippen molar-refractivity contribution in [2.75, 3.05) is 32.9 Å². The van der Waals surface area contributed by atoms with Crippen LogP contribution in [0.2, 0.25) is 0 Å². The number of benzene rings is 1. The third-order valence-corrected chi connectivity index (χ3v) is 3.45. The van der Waals surface area contributed by atoms with Crippen molar-refractivity contribution < 1.29 is 14.6 Å². The van der Waals surface area contributed by atoms with Gasteiger partial charge in [0.2, 0.25) is 0 Å². The Morgan fingerprint density at radius 2 is 2.20 bits per heavy atom. The van der Waals surface area contributed by atoms with Crippen molar-refractivity contribution in [3.8, 4) is 0 Å². The predicted molar refractivity (Wildman–Crippen MR) is 78.8 cm³/mol. The van der Waals surface area contributed by atoms with E-state index in [0.717, 1.165) is 32.4 Å². The van der Waals surface area contributed by atoms with Gasteiger partial charge in [0.05, 0.1) is 25.4 Å². The van der Waals surface area contributed by atoms with Crippen LogP contribution in [-0.2, 0) is 15.9 Å². The van der Waals surface area contributed by atoms with Gasteiger partial charge in [-0.2, -0.15) is 0 Å². The van der Waals surface area contributed by atoms with Crippen LogP contribution in [0.5, 0.6) is 0 Å². The third-order valence-electron chi connectivity index (χ3n) is 3.45. The molecule has 0 aliphatic carbocycles. The molecule has 0 amide bonds. The van der Waals surface area contributed by atoms with Gasteiger partial charge in [-0.25, -0.2) is 0 Å². The van der Waals surface area contributed by atoms with Crippen LogP contribution in [0.15, 0.2) is 30.3 Å². The standard InChI is InChI=1S/C16H25NO3/c18-15(12-19-13-16-7-4-10-20-16)11-17-9-8-14-5-2-1-3-6-14/h1-3,5-6,15-18H,4,7-13H2/t15-,16-/m1/s1. The first-order valence-electron chi connectivity index (χ1n) is 7.46.